The zero-order chi connectivity index (χ0) is 20.0. The quantitative estimate of drug-likeness (QED) is 0.539. The third-order valence-electron chi connectivity index (χ3n) is 4.72. The molecule has 0 aromatic rings. The van der Waals surface area contributed by atoms with Crippen molar-refractivity contribution in [3.63, 3.8) is 0 Å². The van der Waals surface area contributed by atoms with Crippen molar-refractivity contribution in [3.8, 4) is 0 Å². The molecule has 0 bridgehead atoms. The van der Waals surface area contributed by atoms with Crippen LogP contribution in [-0.4, -0.2) is 57.2 Å². The summed E-state index contributed by atoms with van der Waals surface area (Å²) in [7, 11) is -3.14. The first-order valence-electron chi connectivity index (χ1n) is 9.74. The molecular formula is C19H39N3O3S. The van der Waals surface area contributed by atoms with Crippen molar-refractivity contribution in [2.24, 2.45) is 16.3 Å². The Morgan fingerprint density at radius 1 is 1.15 bits per heavy atom. The minimum atomic E-state index is -3.14. The Morgan fingerprint density at radius 2 is 1.81 bits per heavy atom. The summed E-state index contributed by atoms with van der Waals surface area (Å²) in [5.41, 5.74) is 0.0904. The van der Waals surface area contributed by atoms with Gasteiger partial charge >= 0.3 is 0 Å². The summed E-state index contributed by atoms with van der Waals surface area (Å²) in [6.45, 7) is 16.4. The van der Waals surface area contributed by atoms with Crippen molar-refractivity contribution in [1.82, 2.24) is 10.6 Å². The van der Waals surface area contributed by atoms with Crippen LogP contribution in [0, 0.1) is 11.3 Å². The maximum atomic E-state index is 12.2. The molecule has 0 amide bonds. The summed E-state index contributed by atoms with van der Waals surface area (Å²) in [6, 6.07) is 0. The second kappa shape index (κ2) is 9.40. The summed E-state index contributed by atoms with van der Waals surface area (Å²) in [4.78, 5) is 4.70. The Bertz CT molecular complexity index is 560. The zero-order valence-corrected chi connectivity index (χ0v) is 18.5. The van der Waals surface area contributed by atoms with Crippen molar-refractivity contribution in [2.45, 2.75) is 72.2 Å². The second-order valence-electron chi connectivity index (χ2n) is 9.14. The largest absolute Gasteiger partial charge is 0.377 e. The Kier molecular flexibility index (Phi) is 8.39. The maximum absolute atomic E-state index is 12.2. The number of hydrogen-bond acceptors (Lipinski definition) is 4. The summed E-state index contributed by atoms with van der Waals surface area (Å²) >= 11 is 0. The van der Waals surface area contributed by atoms with Gasteiger partial charge in [0, 0.05) is 32.2 Å². The number of sulfone groups is 1. The molecule has 7 heteroatoms. The topological polar surface area (TPSA) is 79.8 Å². The van der Waals surface area contributed by atoms with Crippen LogP contribution in [0.15, 0.2) is 4.99 Å². The highest BCUT2D eigenvalue weighted by molar-refractivity contribution is 7.92. The first-order valence-corrected chi connectivity index (χ1v) is 11.4. The molecule has 1 heterocycles. The molecule has 26 heavy (non-hydrogen) atoms. The van der Waals surface area contributed by atoms with Crippen LogP contribution in [0.1, 0.15) is 61.3 Å². The fourth-order valence-electron chi connectivity index (χ4n) is 3.15. The van der Waals surface area contributed by atoms with E-state index in [4.69, 9.17) is 9.73 Å². The van der Waals surface area contributed by atoms with Gasteiger partial charge in [-0.25, -0.2) is 8.42 Å². The highest BCUT2D eigenvalue weighted by Crippen LogP contribution is 2.34. The Balaban J connectivity index is 2.68. The van der Waals surface area contributed by atoms with E-state index in [2.05, 4.69) is 31.4 Å². The Labute approximate surface area is 160 Å². The van der Waals surface area contributed by atoms with Crippen LogP contribution in [-0.2, 0) is 14.6 Å². The van der Waals surface area contributed by atoms with Crippen LogP contribution < -0.4 is 10.6 Å². The molecule has 0 aliphatic carbocycles. The van der Waals surface area contributed by atoms with E-state index in [0.29, 0.717) is 25.0 Å². The number of aliphatic imine (C=N–C) groups is 1. The van der Waals surface area contributed by atoms with Crippen LogP contribution in [0.3, 0.4) is 0 Å². The first kappa shape index (κ1) is 23.2. The predicted octanol–water partition coefficient (Wildman–Crippen LogP) is 2.60. The molecule has 0 aromatic heterocycles. The van der Waals surface area contributed by atoms with E-state index in [-0.39, 0.29) is 17.3 Å². The van der Waals surface area contributed by atoms with E-state index in [1.54, 1.807) is 20.8 Å². The molecule has 6 nitrogen and oxygen atoms in total. The molecule has 1 aliphatic rings. The van der Waals surface area contributed by atoms with Gasteiger partial charge in [-0.05, 0) is 46.0 Å². The molecule has 2 N–H and O–H groups in total. The van der Waals surface area contributed by atoms with Gasteiger partial charge in [-0.2, -0.15) is 0 Å². The number of rotatable bonds is 6. The monoisotopic (exact) mass is 389 g/mol. The third kappa shape index (κ3) is 7.06. The lowest BCUT2D eigenvalue weighted by Crippen LogP contribution is -2.44. The van der Waals surface area contributed by atoms with E-state index in [1.165, 1.54) is 0 Å². The minimum Gasteiger partial charge on any atom is -0.377 e. The fourth-order valence-corrected chi connectivity index (χ4v) is 4.13. The zero-order valence-electron chi connectivity index (χ0n) is 17.7. The molecule has 1 aliphatic heterocycles. The van der Waals surface area contributed by atoms with E-state index in [1.807, 2.05) is 6.92 Å². The lowest BCUT2D eigenvalue weighted by molar-refractivity contribution is -0.0823. The molecule has 154 valence electrons. The number of ether oxygens (including phenoxy) is 1. The van der Waals surface area contributed by atoms with E-state index < -0.39 is 14.6 Å². The van der Waals surface area contributed by atoms with Gasteiger partial charge in [0.1, 0.15) is 0 Å². The molecule has 0 radical (unpaired) electrons. The molecule has 1 fully saturated rings. The highest BCUT2D eigenvalue weighted by Gasteiger charge is 2.35. The third-order valence-corrected chi connectivity index (χ3v) is 7.33. The van der Waals surface area contributed by atoms with E-state index in [0.717, 1.165) is 26.0 Å². The summed E-state index contributed by atoms with van der Waals surface area (Å²) in [6.07, 6.45) is 2.38. The number of hydrogen-bond donors (Lipinski definition) is 2. The average Bonchev–Trinajstić information content (AvgIpc) is 2.50. The molecule has 1 rings (SSSR count). The summed E-state index contributed by atoms with van der Waals surface area (Å²) < 4.78 is 29.8. The Morgan fingerprint density at radius 3 is 2.35 bits per heavy atom. The van der Waals surface area contributed by atoms with Crippen LogP contribution in [0.4, 0.5) is 0 Å². The van der Waals surface area contributed by atoms with Gasteiger partial charge in [-0.3, -0.25) is 4.99 Å². The van der Waals surface area contributed by atoms with Gasteiger partial charge in [-0.1, -0.05) is 20.8 Å². The first-order chi connectivity index (χ1) is 11.9. The van der Waals surface area contributed by atoms with Crippen LogP contribution in [0.25, 0.3) is 0 Å². The van der Waals surface area contributed by atoms with Gasteiger partial charge in [0.25, 0.3) is 0 Å². The maximum Gasteiger partial charge on any atom is 0.191 e. The number of guanidine groups is 1. The van der Waals surface area contributed by atoms with Crippen LogP contribution >= 0.6 is 0 Å². The smallest absolute Gasteiger partial charge is 0.191 e. The van der Waals surface area contributed by atoms with Crippen molar-refractivity contribution in [1.29, 1.82) is 0 Å². The molecule has 0 aromatic carbocycles. The molecule has 2 atom stereocenters. The molecule has 0 spiro atoms. The minimum absolute atomic E-state index is 0.0904. The SMILES string of the molecule is CCNC(=NCC1CCCOC1C(C)(C)C)NCCS(=O)(=O)C(C)(C)C. The average molecular weight is 390 g/mol. The predicted molar refractivity (Wildman–Crippen MR) is 109 cm³/mol. The number of nitrogens with zero attached hydrogens (tertiary/aromatic N) is 1. The van der Waals surface area contributed by atoms with Crippen molar-refractivity contribution < 1.29 is 13.2 Å². The van der Waals surface area contributed by atoms with Gasteiger partial charge in [-0.15, -0.1) is 0 Å². The lowest BCUT2D eigenvalue weighted by Gasteiger charge is -2.39. The summed E-state index contributed by atoms with van der Waals surface area (Å²) in [5, 5.41) is 6.36. The van der Waals surface area contributed by atoms with Gasteiger partial charge in [0.2, 0.25) is 0 Å². The lowest BCUT2D eigenvalue weighted by atomic mass is 9.78. The second-order valence-corrected chi connectivity index (χ2v) is 12.0. The van der Waals surface area contributed by atoms with Crippen molar-refractivity contribution in [2.75, 3.05) is 32.0 Å². The normalized spacial score (nSPS) is 23.0. The molecule has 2 unspecified atom stereocenters. The van der Waals surface area contributed by atoms with Crippen molar-refractivity contribution in [3.05, 3.63) is 0 Å². The Hall–Kier alpha value is -0.820. The van der Waals surface area contributed by atoms with Crippen LogP contribution in [0.5, 0.6) is 0 Å². The molecular weight excluding hydrogens is 350 g/mol. The van der Waals surface area contributed by atoms with Gasteiger partial charge in [0.15, 0.2) is 15.8 Å². The highest BCUT2D eigenvalue weighted by atomic mass is 32.2. The molecule has 1 saturated heterocycles. The van der Waals surface area contributed by atoms with Gasteiger partial charge in [0.05, 0.1) is 16.6 Å². The van der Waals surface area contributed by atoms with Crippen molar-refractivity contribution >= 4 is 15.8 Å². The summed E-state index contributed by atoms with van der Waals surface area (Å²) in [5.74, 6) is 1.16. The fraction of sp³-hybridized carbons (Fsp3) is 0.947. The van der Waals surface area contributed by atoms with Gasteiger partial charge < -0.3 is 15.4 Å². The van der Waals surface area contributed by atoms with Crippen LogP contribution in [0.2, 0.25) is 0 Å². The number of nitrogens with one attached hydrogen (secondary N) is 2. The molecule has 0 saturated carbocycles. The van der Waals surface area contributed by atoms with E-state index >= 15 is 0 Å². The van der Waals surface area contributed by atoms with E-state index in [9.17, 15) is 8.42 Å². The standard InChI is InChI=1S/C19H39N3O3S/c1-8-20-17(21-11-13-26(23,24)19(5,6)7)22-14-15-10-9-12-25-16(15)18(2,3)4/h15-16H,8-14H2,1-7H3,(H2,20,21,22).